The minimum atomic E-state index is -0.327. The van der Waals surface area contributed by atoms with Crippen molar-refractivity contribution in [1.29, 1.82) is 0 Å². The van der Waals surface area contributed by atoms with Gasteiger partial charge in [-0.15, -0.1) is 6.92 Å². The Bertz CT molecular complexity index is 472. The van der Waals surface area contributed by atoms with Gasteiger partial charge in [0.25, 0.3) is 0 Å². The largest absolute Gasteiger partial charge is 4.00 e. The second-order valence-corrected chi connectivity index (χ2v) is 9.35. The normalized spacial score (nSPS) is 20.1. The molecule has 0 heterocycles. The van der Waals surface area contributed by atoms with Crippen LogP contribution in [0.1, 0.15) is 98.3 Å². The summed E-state index contributed by atoms with van der Waals surface area (Å²) in [6, 6.07) is 0. The molecular formula is C24H44Cl2NOSiTi. The molecule has 1 fully saturated rings. The smallest absolute Gasteiger partial charge is 1.00 e. The quantitative estimate of drug-likeness (QED) is 0.392. The Labute approximate surface area is 217 Å². The molecule has 2 aliphatic carbocycles. The first-order chi connectivity index (χ1) is 12.8. The van der Waals surface area contributed by atoms with E-state index in [2.05, 4.69) is 46.9 Å². The minimum absolute atomic E-state index is 0. The molecule has 173 valence electrons. The zero-order valence-electron chi connectivity index (χ0n) is 20.2. The molecule has 1 saturated carbocycles. The van der Waals surface area contributed by atoms with Gasteiger partial charge in [-0.05, 0) is 12.8 Å². The summed E-state index contributed by atoms with van der Waals surface area (Å²) >= 11 is 0. The predicted octanol–water partition coefficient (Wildman–Crippen LogP) is 1.73. The summed E-state index contributed by atoms with van der Waals surface area (Å²) in [5, 5.41) is 0. The van der Waals surface area contributed by atoms with Crippen molar-refractivity contribution in [2.24, 2.45) is 11.8 Å². The third kappa shape index (κ3) is 18.1. The Morgan fingerprint density at radius 3 is 1.40 bits per heavy atom. The predicted molar refractivity (Wildman–Crippen MR) is 122 cm³/mol. The number of halogens is 2. The maximum atomic E-state index is 11.1. The van der Waals surface area contributed by atoms with Crippen molar-refractivity contribution in [2.75, 3.05) is 0 Å². The second kappa shape index (κ2) is 24.1. The van der Waals surface area contributed by atoms with Crippen LogP contribution in [0.2, 0.25) is 13.1 Å². The summed E-state index contributed by atoms with van der Waals surface area (Å²) in [4.78, 5) is 11.1. The standard InChI is InChI=1S/C13H25NO.C9H13.C2H7Si.2ClH.Ti/c14-13(15)12-10-8-6-4-2-1-3-5-7-9-11-12;1-6-5-7(2)9(4)8(6)3;1-3-2;;;/h12H,1-11H2,(H2,14,15);6H,1-4H3;3H,1-2H3;2*1H;/q;-1;;;;+4/p-3. The van der Waals surface area contributed by atoms with E-state index < -0.39 is 0 Å². The number of carbonyl (C=O) groups excluding carboxylic acids is 1. The molecule has 1 amide bonds. The van der Waals surface area contributed by atoms with Crippen LogP contribution in [0.3, 0.4) is 0 Å². The van der Waals surface area contributed by atoms with Crippen LogP contribution >= 0.6 is 0 Å². The molecule has 30 heavy (non-hydrogen) atoms. The molecule has 0 aliphatic heterocycles. The van der Waals surface area contributed by atoms with Crippen LogP contribution < -0.4 is 24.8 Å². The van der Waals surface area contributed by atoms with Gasteiger partial charge in [-0.1, -0.05) is 97.6 Å². The van der Waals surface area contributed by atoms with Crippen LogP contribution in [-0.2, 0) is 26.5 Å². The van der Waals surface area contributed by atoms with Crippen LogP contribution in [0.4, 0.5) is 0 Å². The summed E-state index contributed by atoms with van der Waals surface area (Å²) in [5.41, 5.74) is 11.5. The number of carbonyl (C=O) groups is 1. The number of hydrogen-bond donors (Lipinski definition) is 0. The van der Waals surface area contributed by atoms with Crippen LogP contribution in [-0.4, -0.2) is 15.4 Å². The number of allylic oxidation sites excluding steroid dienone is 4. The number of rotatable bonds is 1. The van der Waals surface area contributed by atoms with Gasteiger partial charge in [-0.2, -0.15) is 11.1 Å². The Balaban J connectivity index is -0.000000195. The third-order valence-electron chi connectivity index (χ3n) is 5.71. The number of nitrogens with one attached hydrogen (secondary N) is 1. The van der Waals surface area contributed by atoms with Crippen molar-refractivity contribution in [3.63, 3.8) is 0 Å². The average molecular weight is 509 g/mol. The molecule has 2 rings (SSSR count). The average Bonchev–Trinajstić information content (AvgIpc) is 2.82. The van der Waals surface area contributed by atoms with Gasteiger partial charge in [-0.25, -0.2) is 5.57 Å². The van der Waals surface area contributed by atoms with E-state index in [9.17, 15) is 4.79 Å². The monoisotopic (exact) mass is 508 g/mol. The van der Waals surface area contributed by atoms with Crippen molar-refractivity contribution in [3.8, 4) is 0 Å². The molecule has 6 heteroatoms. The SMILES string of the molecule is CC1=[C-]C(C)C(C)=C1C.C[SiH]C.[Cl-].[Cl-].[NH-]C(=O)C1CCCCCCCCCCC1.[Ti+4]. The van der Waals surface area contributed by atoms with Gasteiger partial charge in [0.05, 0.1) is 5.91 Å². The Kier molecular flexibility index (Phi) is 30.3. The van der Waals surface area contributed by atoms with Gasteiger partial charge in [0.2, 0.25) is 0 Å². The number of amides is 1. The zero-order valence-corrected chi connectivity index (χ0v) is 24.4. The maximum Gasteiger partial charge on any atom is 4.00 e. The van der Waals surface area contributed by atoms with Crippen LogP contribution in [0.25, 0.3) is 5.73 Å². The Hall–Kier alpha value is 0.461. The molecule has 0 saturated heterocycles. The fraction of sp³-hybridized carbons (Fsp3) is 0.792. The summed E-state index contributed by atoms with van der Waals surface area (Å²) in [6.45, 7) is 13.1. The van der Waals surface area contributed by atoms with E-state index in [1.807, 2.05) is 0 Å². The molecule has 1 unspecified atom stereocenters. The first-order valence-corrected chi connectivity index (χ1v) is 13.4. The van der Waals surface area contributed by atoms with Gasteiger partial charge in [0.15, 0.2) is 0 Å². The molecule has 0 bridgehead atoms. The topological polar surface area (TPSA) is 40.9 Å². The molecule has 0 spiro atoms. The van der Waals surface area contributed by atoms with Crippen molar-refractivity contribution in [1.82, 2.24) is 0 Å². The summed E-state index contributed by atoms with van der Waals surface area (Å²) < 4.78 is 0. The molecule has 1 atom stereocenters. The summed E-state index contributed by atoms with van der Waals surface area (Å²) in [6.07, 6.45) is 16.8. The van der Waals surface area contributed by atoms with Crippen LogP contribution in [0, 0.1) is 17.9 Å². The van der Waals surface area contributed by atoms with Crippen molar-refractivity contribution >= 4 is 15.4 Å². The maximum absolute atomic E-state index is 11.1. The first kappa shape index (κ1) is 37.8. The van der Waals surface area contributed by atoms with E-state index in [0.717, 1.165) is 35.2 Å². The van der Waals surface area contributed by atoms with Crippen LogP contribution in [0.15, 0.2) is 16.7 Å². The second-order valence-electron chi connectivity index (χ2n) is 8.20. The van der Waals surface area contributed by atoms with E-state index >= 15 is 0 Å². The fourth-order valence-corrected chi connectivity index (χ4v) is 3.59. The molecule has 0 aromatic heterocycles. The van der Waals surface area contributed by atoms with Gasteiger partial charge in [-0.3, -0.25) is 6.08 Å². The molecule has 0 aromatic rings. The third-order valence-corrected chi connectivity index (χ3v) is 5.71. The first-order valence-electron chi connectivity index (χ1n) is 11.1. The van der Waals surface area contributed by atoms with E-state index in [4.69, 9.17) is 5.73 Å². The van der Waals surface area contributed by atoms with Crippen molar-refractivity contribution in [2.45, 2.75) is 111 Å². The molecule has 1 N–H and O–H groups in total. The van der Waals surface area contributed by atoms with Gasteiger partial charge >= 0.3 is 21.7 Å². The fourth-order valence-electron chi connectivity index (χ4n) is 3.59. The van der Waals surface area contributed by atoms with E-state index in [0.29, 0.717) is 5.92 Å². The summed E-state index contributed by atoms with van der Waals surface area (Å²) in [7, 11) is 0.750. The van der Waals surface area contributed by atoms with Crippen LogP contribution in [0.5, 0.6) is 0 Å². The Morgan fingerprint density at radius 1 is 0.867 bits per heavy atom. The molecule has 0 aromatic carbocycles. The number of hydrogen-bond acceptors (Lipinski definition) is 1. The summed E-state index contributed by atoms with van der Waals surface area (Å²) in [5.74, 6) is 0.279. The molecular weight excluding hydrogens is 465 g/mol. The van der Waals surface area contributed by atoms with E-state index in [-0.39, 0.29) is 58.4 Å². The van der Waals surface area contributed by atoms with Gasteiger partial charge < -0.3 is 35.3 Å². The van der Waals surface area contributed by atoms with Gasteiger partial charge in [0.1, 0.15) is 0 Å². The zero-order chi connectivity index (χ0) is 20.7. The molecule has 2 aliphatic rings. The minimum Gasteiger partial charge on any atom is -1.00 e. The van der Waals surface area contributed by atoms with Gasteiger partial charge in [0, 0.05) is 15.4 Å². The van der Waals surface area contributed by atoms with E-state index in [1.165, 1.54) is 61.7 Å². The van der Waals surface area contributed by atoms with Crippen molar-refractivity contribution < 1.29 is 51.3 Å². The van der Waals surface area contributed by atoms with Crippen molar-refractivity contribution in [3.05, 3.63) is 28.5 Å². The molecule has 2 nitrogen and oxygen atoms in total. The van der Waals surface area contributed by atoms with E-state index in [1.54, 1.807) is 0 Å². The molecule has 1 radical (unpaired) electrons. The Morgan fingerprint density at radius 2 is 1.20 bits per heavy atom.